The lowest BCUT2D eigenvalue weighted by molar-refractivity contribution is 1.07. The van der Waals surface area contributed by atoms with Gasteiger partial charge in [0.2, 0.25) is 0 Å². The van der Waals surface area contributed by atoms with Crippen LogP contribution < -0.4 is 0 Å². The Morgan fingerprint density at radius 1 is 0.122 bits per heavy atom. The van der Waals surface area contributed by atoms with E-state index in [0.717, 1.165) is 125 Å². The molecule has 18 aromatic carbocycles. The molecule has 0 radical (unpaired) electrons. The first kappa shape index (κ1) is 88.8. The molecule has 0 amide bonds. The van der Waals surface area contributed by atoms with Crippen LogP contribution in [0.15, 0.2) is 510 Å². The minimum Gasteiger partial charge on any atom is -0.264 e. The van der Waals surface area contributed by atoms with Gasteiger partial charge in [0.1, 0.15) is 0 Å². The van der Waals surface area contributed by atoms with Crippen LogP contribution in [0.5, 0.6) is 0 Å². The predicted molar refractivity (Wildman–Crippen MR) is 595 cm³/mol. The van der Waals surface area contributed by atoms with E-state index in [4.69, 9.17) is 49.8 Å². The smallest absolute Gasteiger partial charge is 0.164 e. The zero-order valence-corrected chi connectivity index (χ0v) is 80.0. The second-order valence-electron chi connectivity index (χ2n) is 36.8. The molecule has 6 heterocycles. The standard InChI is InChI=1S/3C45H30N4/c1-4-13-30(14-5-1)37-20-10-22-39-40-23-11-21-38(42(40)28-41(37)39)35-25-34(33-19-12-24-46-29-33)26-36(27-35)45-48-43(31-15-6-2-7-16-31)47-44(49-45)32-17-8-3-9-18-32;1-4-13-30(14-5-1)34-25-35(38-21-11-23-40-39-22-10-20-37(41(39)28-42(38)40)33-19-12-24-46-29-33)27-36(26-34)45-48-43(31-15-6-2-7-16-31)47-44(49-45)32-17-8-3-9-18-32;1-4-14-30(15-5-1)36-20-12-22-38-39-23-13-21-37(41(39)29-40(36)38)33-26-34(42-24-10-11-25-46-42)28-35(27-33)45-48-43(31-16-6-2-7-17-31)47-44(49-45)32-18-8-3-9-19-32/h2*1-27,29H,28H2;1-28H,29H2. The number of aromatic nitrogens is 12. The molecule has 12 heteroatoms. The van der Waals surface area contributed by atoms with Gasteiger partial charge in [-0.25, -0.2) is 44.9 Å². The van der Waals surface area contributed by atoms with E-state index in [-0.39, 0.29) is 0 Å². The Morgan fingerprint density at radius 2 is 0.327 bits per heavy atom. The van der Waals surface area contributed by atoms with Crippen molar-refractivity contribution in [3.05, 3.63) is 544 Å². The van der Waals surface area contributed by atoms with Crippen LogP contribution in [-0.2, 0) is 19.3 Å². The highest BCUT2D eigenvalue weighted by Crippen LogP contribution is 2.51. The molecule has 6 aromatic heterocycles. The molecule has 12 nitrogen and oxygen atoms in total. The fourth-order valence-corrected chi connectivity index (χ4v) is 20.8. The molecular formula is C135H90N12. The maximum absolute atomic E-state index is 5.09. The molecule has 0 aliphatic heterocycles. The molecule has 690 valence electrons. The maximum Gasteiger partial charge on any atom is 0.164 e. The molecule has 0 atom stereocenters. The first-order valence-electron chi connectivity index (χ1n) is 49.5. The van der Waals surface area contributed by atoms with Crippen molar-refractivity contribution in [1.29, 1.82) is 0 Å². The van der Waals surface area contributed by atoms with E-state index >= 15 is 0 Å². The van der Waals surface area contributed by atoms with Gasteiger partial charge in [-0.05, 0) is 243 Å². The van der Waals surface area contributed by atoms with Crippen molar-refractivity contribution in [2.75, 3.05) is 0 Å². The van der Waals surface area contributed by atoms with Gasteiger partial charge < -0.3 is 0 Å². The summed E-state index contributed by atoms with van der Waals surface area (Å²) < 4.78 is 0. The molecular weight excluding hydrogens is 1790 g/mol. The molecule has 3 aliphatic rings. The number of benzene rings is 18. The van der Waals surface area contributed by atoms with Gasteiger partial charge in [0.05, 0.1) is 5.69 Å². The Hall–Kier alpha value is -19.6. The molecule has 0 unspecified atom stereocenters. The summed E-state index contributed by atoms with van der Waals surface area (Å²) in [6.07, 6.45) is 11.9. The monoisotopic (exact) mass is 1880 g/mol. The SMILES string of the molecule is c1ccc(-c2cc(-c3nc(-c4ccccc4)nc(-c4ccccc4)n3)cc(-c3cccc4c3Cc3c(-c5cccnc5)cccc3-4)c2)cc1.c1ccc(-c2nc(-c3ccccc3)nc(-c3cc(-c4ccccn4)cc(-c4cccc5c4Cc4c(-c6ccccc6)cccc4-5)c3)n2)cc1.c1ccc(-c2nc(-c3ccccc3)nc(-c3cc(-c4cccnc4)cc(-c4cccc5c4Cc4c(-c6ccccc6)cccc4-5)c3)n2)cc1. The summed E-state index contributed by atoms with van der Waals surface area (Å²) in [6, 6.07) is 167. The second kappa shape index (κ2) is 39.9. The first-order chi connectivity index (χ1) is 72.8. The molecule has 0 spiro atoms. The van der Waals surface area contributed by atoms with E-state index in [1.165, 1.54) is 111 Å². The third kappa shape index (κ3) is 18.2. The molecule has 147 heavy (non-hydrogen) atoms. The second-order valence-corrected chi connectivity index (χ2v) is 36.8. The number of fused-ring (bicyclic) bond motifs is 9. The van der Waals surface area contributed by atoms with Crippen molar-refractivity contribution in [3.8, 4) is 236 Å². The quantitative estimate of drug-likeness (QED) is 0.0803. The molecule has 0 N–H and O–H groups in total. The number of rotatable bonds is 18. The van der Waals surface area contributed by atoms with Crippen molar-refractivity contribution < 1.29 is 0 Å². The van der Waals surface area contributed by atoms with Gasteiger partial charge in [-0.15, -0.1) is 0 Å². The highest BCUT2D eigenvalue weighted by atomic mass is 15.1. The van der Waals surface area contributed by atoms with Crippen LogP contribution in [0.3, 0.4) is 0 Å². The van der Waals surface area contributed by atoms with Crippen LogP contribution in [0.2, 0.25) is 0 Å². The summed E-state index contributed by atoms with van der Waals surface area (Å²) in [5, 5.41) is 0. The van der Waals surface area contributed by atoms with Crippen molar-refractivity contribution in [2.45, 2.75) is 19.3 Å². The van der Waals surface area contributed by atoms with E-state index in [9.17, 15) is 0 Å². The van der Waals surface area contributed by atoms with Gasteiger partial charge in [0, 0.05) is 97.7 Å². The molecule has 24 aromatic rings. The van der Waals surface area contributed by atoms with E-state index in [1.54, 1.807) is 0 Å². The van der Waals surface area contributed by atoms with Crippen molar-refractivity contribution in [2.24, 2.45) is 0 Å². The van der Waals surface area contributed by atoms with E-state index in [0.29, 0.717) is 52.4 Å². The number of hydrogen-bond acceptors (Lipinski definition) is 12. The maximum atomic E-state index is 5.09. The Bertz CT molecular complexity index is 7980. The number of nitrogens with zero attached hydrogens (tertiary/aromatic N) is 12. The van der Waals surface area contributed by atoms with E-state index in [1.807, 2.05) is 237 Å². The third-order valence-electron chi connectivity index (χ3n) is 27.8. The fraction of sp³-hybridized carbons (Fsp3) is 0.0222. The number of hydrogen-bond donors (Lipinski definition) is 0. The fourth-order valence-electron chi connectivity index (χ4n) is 20.8. The minimum atomic E-state index is 0.619. The highest BCUT2D eigenvalue weighted by molar-refractivity contribution is 5.96. The largest absolute Gasteiger partial charge is 0.264 e. The van der Waals surface area contributed by atoms with Crippen LogP contribution in [0.4, 0.5) is 0 Å². The molecule has 0 fully saturated rings. The summed E-state index contributed by atoms with van der Waals surface area (Å²) in [4.78, 5) is 58.9. The molecule has 27 rings (SSSR count). The summed E-state index contributed by atoms with van der Waals surface area (Å²) in [6.45, 7) is 0. The van der Waals surface area contributed by atoms with Gasteiger partial charge in [-0.1, -0.05) is 400 Å². The van der Waals surface area contributed by atoms with Gasteiger partial charge in [-0.2, -0.15) is 0 Å². The van der Waals surface area contributed by atoms with Gasteiger partial charge in [0.15, 0.2) is 52.4 Å². The number of pyridine rings is 3. The van der Waals surface area contributed by atoms with Crippen molar-refractivity contribution in [1.82, 2.24) is 59.8 Å². The topological polar surface area (TPSA) is 155 Å². The van der Waals surface area contributed by atoms with Gasteiger partial charge >= 0.3 is 0 Å². The van der Waals surface area contributed by atoms with Crippen LogP contribution in [0, 0.1) is 0 Å². The average molecular weight is 1880 g/mol. The first-order valence-corrected chi connectivity index (χ1v) is 49.5. The average Bonchev–Trinajstić information content (AvgIpc) is 1.57. The van der Waals surface area contributed by atoms with Crippen LogP contribution in [0.1, 0.15) is 33.4 Å². The van der Waals surface area contributed by atoms with Crippen molar-refractivity contribution in [3.63, 3.8) is 0 Å². The highest BCUT2D eigenvalue weighted by Gasteiger charge is 2.31. The zero-order chi connectivity index (χ0) is 97.7. The van der Waals surface area contributed by atoms with E-state index in [2.05, 4.69) is 283 Å². The Balaban J connectivity index is 0.000000115. The molecule has 0 bridgehead atoms. The molecule has 0 saturated carbocycles. The normalized spacial score (nSPS) is 11.6. The van der Waals surface area contributed by atoms with Gasteiger partial charge in [-0.3, -0.25) is 15.0 Å². The Morgan fingerprint density at radius 3 is 0.599 bits per heavy atom. The van der Waals surface area contributed by atoms with Crippen LogP contribution in [0.25, 0.3) is 236 Å². The zero-order valence-electron chi connectivity index (χ0n) is 80.0. The predicted octanol–water partition coefficient (Wildman–Crippen LogP) is 32.5. The van der Waals surface area contributed by atoms with Crippen molar-refractivity contribution >= 4 is 0 Å². The van der Waals surface area contributed by atoms with Crippen LogP contribution in [-0.4, -0.2) is 59.8 Å². The minimum absolute atomic E-state index is 0.619. The Kier molecular flexibility index (Phi) is 24.1. The summed E-state index contributed by atoms with van der Waals surface area (Å²) >= 11 is 0. The summed E-state index contributed by atoms with van der Waals surface area (Å²) in [7, 11) is 0. The lowest BCUT2D eigenvalue weighted by Gasteiger charge is -2.14. The van der Waals surface area contributed by atoms with Gasteiger partial charge in [0.25, 0.3) is 0 Å². The third-order valence-corrected chi connectivity index (χ3v) is 27.8. The lowest BCUT2D eigenvalue weighted by Crippen LogP contribution is -2.01. The summed E-state index contributed by atoms with van der Waals surface area (Å²) in [5.74, 6) is 5.74. The lowest BCUT2D eigenvalue weighted by atomic mass is 9.91. The van der Waals surface area contributed by atoms with E-state index < -0.39 is 0 Å². The molecule has 0 saturated heterocycles. The summed E-state index contributed by atoms with van der Waals surface area (Å²) in [5.41, 5.74) is 44.9. The molecule has 3 aliphatic carbocycles. The van der Waals surface area contributed by atoms with Crippen LogP contribution >= 0.6 is 0 Å². The Labute approximate surface area is 852 Å².